The Kier molecular flexibility index (Phi) is 5.44. The van der Waals surface area contributed by atoms with Crippen LogP contribution in [0.2, 0.25) is 0 Å². The van der Waals surface area contributed by atoms with Gasteiger partial charge in [0.25, 0.3) is 0 Å². The third-order valence-corrected chi connectivity index (χ3v) is 3.95. The molecule has 1 aromatic heterocycles. The summed E-state index contributed by atoms with van der Waals surface area (Å²) in [4.78, 5) is 18.3. The van der Waals surface area contributed by atoms with Crippen LogP contribution < -0.4 is 5.32 Å². The van der Waals surface area contributed by atoms with Crippen molar-refractivity contribution in [3.63, 3.8) is 0 Å². The van der Waals surface area contributed by atoms with E-state index >= 15 is 0 Å². The summed E-state index contributed by atoms with van der Waals surface area (Å²) in [5, 5.41) is 2.38. The monoisotopic (exact) mass is 318 g/mol. The average molecular weight is 318 g/mol. The van der Waals surface area contributed by atoms with Crippen LogP contribution in [0.25, 0.3) is 0 Å². The van der Waals surface area contributed by atoms with Gasteiger partial charge in [0.15, 0.2) is 0 Å². The number of piperidine rings is 1. The first-order valence-electron chi connectivity index (χ1n) is 7.38. The van der Waals surface area contributed by atoms with E-state index in [-0.39, 0.29) is 18.4 Å². The second-order valence-electron chi connectivity index (χ2n) is 5.66. The Hall–Kier alpha value is -1.57. The van der Waals surface area contributed by atoms with Gasteiger partial charge in [-0.2, -0.15) is 13.2 Å². The summed E-state index contributed by atoms with van der Waals surface area (Å²) >= 11 is 0. The van der Waals surface area contributed by atoms with Crippen LogP contribution in [0.3, 0.4) is 0 Å². The number of imidazole rings is 1. The minimum Gasteiger partial charge on any atom is -0.356 e. The zero-order valence-corrected chi connectivity index (χ0v) is 12.6. The number of carbonyl (C=O) groups excluding carboxylic acids is 1. The van der Waals surface area contributed by atoms with Crippen molar-refractivity contribution < 1.29 is 18.0 Å². The fourth-order valence-corrected chi connectivity index (χ4v) is 2.57. The van der Waals surface area contributed by atoms with Crippen LogP contribution in [0.4, 0.5) is 13.2 Å². The minimum atomic E-state index is -4.22. The molecule has 2 rings (SSSR count). The molecule has 0 radical (unpaired) electrons. The lowest BCUT2D eigenvalue weighted by Crippen LogP contribution is -2.41. The normalized spacial score (nSPS) is 17.6. The molecule has 1 aliphatic rings. The van der Waals surface area contributed by atoms with Crippen molar-refractivity contribution in [2.24, 2.45) is 13.0 Å². The minimum absolute atomic E-state index is 0.189. The van der Waals surface area contributed by atoms with Crippen LogP contribution in [-0.4, -0.2) is 46.2 Å². The quantitative estimate of drug-likeness (QED) is 0.899. The third-order valence-electron chi connectivity index (χ3n) is 3.95. The van der Waals surface area contributed by atoms with Gasteiger partial charge in [0, 0.05) is 31.9 Å². The Labute approximate surface area is 127 Å². The summed E-state index contributed by atoms with van der Waals surface area (Å²) in [6, 6.07) is 0. The molecule has 124 valence electrons. The fourth-order valence-electron chi connectivity index (χ4n) is 2.57. The summed E-state index contributed by atoms with van der Waals surface area (Å²) in [6.07, 6.45) is -0.230. The maximum atomic E-state index is 12.0. The van der Waals surface area contributed by atoms with E-state index in [1.165, 1.54) is 0 Å². The van der Waals surface area contributed by atoms with Crippen LogP contribution in [-0.2, 0) is 18.4 Å². The largest absolute Gasteiger partial charge is 0.390 e. The Morgan fingerprint density at radius 3 is 2.64 bits per heavy atom. The van der Waals surface area contributed by atoms with Crippen molar-refractivity contribution in [1.29, 1.82) is 0 Å². The zero-order chi connectivity index (χ0) is 16.2. The summed E-state index contributed by atoms with van der Waals surface area (Å²) < 4.78 is 38.1. The van der Waals surface area contributed by atoms with E-state index in [1.807, 2.05) is 17.8 Å². The van der Waals surface area contributed by atoms with Crippen molar-refractivity contribution in [2.75, 3.05) is 19.6 Å². The smallest absolute Gasteiger partial charge is 0.356 e. The molecular weight excluding hydrogens is 297 g/mol. The molecule has 0 spiro atoms. The highest BCUT2D eigenvalue weighted by molar-refractivity contribution is 5.78. The summed E-state index contributed by atoms with van der Waals surface area (Å²) in [7, 11) is 1.93. The van der Waals surface area contributed by atoms with Crippen molar-refractivity contribution in [3.05, 3.63) is 18.2 Å². The molecule has 1 N–H and O–H groups in total. The molecule has 0 saturated carbocycles. The maximum Gasteiger partial charge on any atom is 0.390 e. The molecule has 1 aromatic rings. The first-order valence-corrected chi connectivity index (χ1v) is 7.38. The van der Waals surface area contributed by atoms with E-state index in [0.717, 1.165) is 25.5 Å². The van der Waals surface area contributed by atoms with Gasteiger partial charge in [-0.25, -0.2) is 4.98 Å². The van der Waals surface area contributed by atoms with E-state index in [0.29, 0.717) is 12.8 Å². The van der Waals surface area contributed by atoms with Gasteiger partial charge in [-0.3, -0.25) is 9.69 Å². The SMILES string of the molecule is Cn1ccnc1CN1CCC(C(=O)NCCC(F)(F)F)CC1. The standard InChI is InChI=1S/C14H21F3N4O/c1-20-9-6-18-12(20)10-21-7-2-11(3-8-21)13(22)19-5-4-14(15,16)17/h6,9,11H,2-5,7-8,10H2,1H3,(H,19,22). The summed E-state index contributed by atoms with van der Waals surface area (Å²) in [5.41, 5.74) is 0. The number of aryl methyl sites for hydroxylation is 1. The van der Waals surface area contributed by atoms with E-state index in [4.69, 9.17) is 0 Å². The molecule has 1 aliphatic heterocycles. The fraction of sp³-hybridized carbons (Fsp3) is 0.714. The van der Waals surface area contributed by atoms with Gasteiger partial charge >= 0.3 is 6.18 Å². The zero-order valence-electron chi connectivity index (χ0n) is 12.6. The summed E-state index contributed by atoms with van der Waals surface area (Å²) in [6.45, 7) is 1.90. The lowest BCUT2D eigenvalue weighted by molar-refractivity contribution is -0.137. The second kappa shape index (κ2) is 7.13. The molecule has 2 heterocycles. The number of halogens is 3. The lowest BCUT2D eigenvalue weighted by Gasteiger charge is -2.31. The van der Waals surface area contributed by atoms with E-state index in [9.17, 15) is 18.0 Å². The van der Waals surface area contributed by atoms with E-state index in [2.05, 4.69) is 15.2 Å². The lowest BCUT2D eigenvalue weighted by atomic mass is 9.96. The van der Waals surface area contributed by atoms with Crippen LogP contribution >= 0.6 is 0 Å². The molecule has 0 aliphatic carbocycles. The van der Waals surface area contributed by atoms with Gasteiger partial charge in [0.2, 0.25) is 5.91 Å². The number of hydrogen-bond donors (Lipinski definition) is 1. The van der Waals surface area contributed by atoms with Crippen molar-refractivity contribution in [3.8, 4) is 0 Å². The van der Waals surface area contributed by atoms with Gasteiger partial charge in [-0.1, -0.05) is 0 Å². The number of hydrogen-bond acceptors (Lipinski definition) is 3. The van der Waals surface area contributed by atoms with Gasteiger partial charge in [0.05, 0.1) is 13.0 Å². The number of alkyl halides is 3. The molecule has 0 bridgehead atoms. The number of aromatic nitrogens is 2. The van der Waals surface area contributed by atoms with Gasteiger partial charge in [-0.05, 0) is 25.9 Å². The summed E-state index contributed by atoms with van der Waals surface area (Å²) in [5.74, 6) is 0.514. The first-order chi connectivity index (χ1) is 10.3. The predicted octanol–water partition coefficient (Wildman–Crippen LogP) is 1.70. The molecule has 0 unspecified atom stereocenters. The highest BCUT2D eigenvalue weighted by Crippen LogP contribution is 2.20. The maximum absolute atomic E-state index is 12.0. The van der Waals surface area contributed by atoms with E-state index < -0.39 is 12.6 Å². The third kappa shape index (κ3) is 5.01. The van der Waals surface area contributed by atoms with Crippen LogP contribution in [0.5, 0.6) is 0 Å². The van der Waals surface area contributed by atoms with E-state index in [1.54, 1.807) is 6.20 Å². The van der Waals surface area contributed by atoms with Crippen LogP contribution in [0, 0.1) is 5.92 Å². The van der Waals surface area contributed by atoms with Crippen LogP contribution in [0.1, 0.15) is 25.1 Å². The molecule has 0 aromatic carbocycles. The number of nitrogens with one attached hydrogen (secondary N) is 1. The first kappa shape index (κ1) is 16.8. The van der Waals surface area contributed by atoms with Gasteiger partial charge < -0.3 is 9.88 Å². The highest BCUT2D eigenvalue weighted by Gasteiger charge is 2.29. The Bertz CT molecular complexity index is 493. The van der Waals surface area contributed by atoms with Crippen LogP contribution in [0.15, 0.2) is 12.4 Å². The Morgan fingerprint density at radius 1 is 1.41 bits per heavy atom. The molecule has 5 nitrogen and oxygen atoms in total. The number of carbonyl (C=O) groups is 1. The van der Waals surface area contributed by atoms with Gasteiger partial charge in [-0.15, -0.1) is 0 Å². The number of rotatable bonds is 5. The molecular formula is C14H21F3N4O. The van der Waals surface area contributed by atoms with Crippen molar-refractivity contribution in [2.45, 2.75) is 32.0 Å². The van der Waals surface area contributed by atoms with Gasteiger partial charge in [0.1, 0.15) is 5.82 Å². The highest BCUT2D eigenvalue weighted by atomic mass is 19.4. The predicted molar refractivity (Wildman–Crippen MR) is 74.9 cm³/mol. The average Bonchev–Trinajstić information content (AvgIpc) is 2.83. The molecule has 1 amide bonds. The Balaban J connectivity index is 1.70. The molecule has 1 saturated heterocycles. The van der Waals surface area contributed by atoms with Crippen molar-refractivity contribution in [1.82, 2.24) is 19.8 Å². The number of amides is 1. The molecule has 8 heteroatoms. The Morgan fingerprint density at radius 2 is 2.09 bits per heavy atom. The molecule has 22 heavy (non-hydrogen) atoms. The molecule has 0 atom stereocenters. The second-order valence-corrected chi connectivity index (χ2v) is 5.66. The topological polar surface area (TPSA) is 50.2 Å². The number of likely N-dealkylation sites (tertiary alicyclic amines) is 1. The molecule has 1 fully saturated rings. The van der Waals surface area contributed by atoms with Crippen molar-refractivity contribution >= 4 is 5.91 Å². The number of nitrogens with zero attached hydrogens (tertiary/aromatic N) is 3.